The van der Waals surface area contributed by atoms with Gasteiger partial charge in [-0.1, -0.05) is 36.4 Å². The van der Waals surface area contributed by atoms with Gasteiger partial charge in [0, 0.05) is 38.4 Å². The molecule has 0 radical (unpaired) electrons. The van der Waals surface area contributed by atoms with E-state index in [9.17, 15) is 4.79 Å². The topological polar surface area (TPSA) is 44.8 Å². The number of nitrogens with zero attached hydrogens (tertiary/aromatic N) is 2. The van der Waals surface area contributed by atoms with Gasteiger partial charge in [0.2, 0.25) is 5.91 Å². The van der Waals surface area contributed by atoms with Crippen molar-refractivity contribution in [3.63, 3.8) is 0 Å². The highest BCUT2D eigenvalue weighted by Gasteiger charge is 2.23. The fourth-order valence-corrected chi connectivity index (χ4v) is 4.31. The van der Waals surface area contributed by atoms with Gasteiger partial charge in [0.25, 0.3) is 0 Å². The highest BCUT2D eigenvalue weighted by atomic mass is 16.5. The fraction of sp³-hybridized carbons (Fsp3) is 0.400. The van der Waals surface area contributed by atoms with Gasteiger partial charge in [-0.15, -0.1) is 0 Å². The van der Waals surface area contributed by atoms with Crippen LogP contribution in [0.4, 0.5) is 5.69 Å². The van der Waals surface area contributed by atoms with Gasteiger partial charge in [0.05, 0.1) is 13.7 Å². The van der Waals surface area contributed by atoms with Crippen LogP contribution in [0.1, 0.15) is 18.4 Å². The molecule has 0 bridgehead atoms. The van der Waals surface area contributed by atoms with Crippen LogP contribution in [-0.4, -0.2) is 57.2 Å². The highest BCUT2D eigenvalue weighted by Crippen LogP contribution is 2.25. The van der Waals surface area contributed by atoms with Crippen LogP contribution >= 0.6 is 0 Å². The number of benzene rings is 2. The Bertz CT molecular complexity index is 864. The summed E-state index contributed by atoms with van der Waals surface area (Å²) in [5.41, 5.74) is 3.87. The van der Waals surface area contributed by atoms with Crippen molar-refractivity contribution in [2.75, 3.05) is 51.3 Å². The molecular weight excluding hydrogens is 374 g/mol. The van der Waals surface area contributed by atoms with Crippen LogP contribution in [0.2, 0.25) is 0 Å². The molecule has 0 spiro atoms. The van der Waals surface area contributed by atoms with Gasteiger partial charge >= 0.3 is 0 Å². The van der Waals surface area contributed by atoms with E-state index in [0.717, 1.165) is 51.3 Å². The minimum Gasteiger partial charge on any atom is -0.497 e. The van der Waals surface area contributed by atoms with E-state index >= 15 is 0 Å². The van der Waals surface area contributed by atoms with Crippen molar-refractivity contribution >= 4 is 17.2 Å². The molecule has 2 aromatic carbocycles. The molecule has 0 aliphatic carbocycles. The Morgan fingerprint density at radius 2 is 1.90 bits per heavy atom. The van der Waals surface area contributed by atoms with Crippen LogP contribution in [0.5, 0.6) is 5.75 Å². The molecule has 1 saturated heterocycles. The minimum atomic E-state index is 0.134. The lowest BCUT2D eigenvalue weighted by molar-refractivity contribution is -0.122. The van der Waals surface area contributed by atoms with Crippen LogP contribution < -0.4 is 15.0 Å². The van der Waals surface area contributed by atoms with Crippen LogP contribution in [0.25, 0.3) is 5.57 Å². The average Bonchev–Trinajstić information content (AvgIpc) is 3.28. The predicted octanol–water partition coefficient (Wildman–Crippen LogP) is 3.43. The molecule has 1 N–H and O–H groups in total. The second-order valence-corrected chi connectivity index (χ2v) is 8.18. The van der Waals surface area contributed by atoms with Crippen molar-refractivity contribution in [3.8, 4) is 5.75 Å². The van der Waals surface area contributed by atoms with Crippen molar-refractivity contribution in [2.24, 2.45) is 5.92 Å². The molecule has 2 aliphatic rings. The number of rotatable bonds is 7. The highest BCUT2D eigenvalue weighted by molar-refractivity contribution is 5.78. The maximum atomic E-state index is 12.4. The lowest BCUT2D eigenvalue weighted by atomic mass is 9.99. The number of hydrogen-bond donors (Lipinski definition) is 1. The summed E-state index contributed by atoms with van der Waals surface area (Å²) >= 11 is 0. The number of amides is 1. The molecule has 30 heavy (non-hydrogen) atoms. The minimum absolute atomic E-state index is 0.134. The molecule has 5 nitrogen and oxygen atoms in total. The zero-order chi connectivity index (χ0) is 20.8. The summed E-state index contributed by atoms with van der Waals surface area (Å²) in [5, 5.41) is 3.16. The Morgan fingerprint density at radius 1 is 1.10 bits per heavy atom. The molecular formula is C25H31N3O2. The molecule has 5 heteroatoms. The summed E-state index contributed by atoms with van der Waals surface area (Å²) in [4.78, 5) is 17.1. The second-order valence-electron chi connectivity index (χ2n) is 8.18. The summed E-state index contributed by atoms with van der Waals surface area (Å²) in [6.07, 6.45) is 4.34. The second kappa shape index (κ2) is 9.81. The zero-order valence-electron chi connectivity index (χ0n) is 17.7. The first kappa shape index (κ1) is 20.5. The van der Waals surface area contributed by atoms with E-state index in [-0.39, 0.29) is 5.91 Å². The average molecular weight is 406 g/mol. The number of methoxy groups -OCH3 is 1. The Kier molecular flexibility index (Phi) is 6.70. The molecule has 1 fully saturated rings. The number of ether oxygens (including phenoxy) is 1. The summed E-state index contributed by atoms with van der Waals surface area (Å²) < 4.78 is 5.23. The van der Waals surface area contributed by atoms with Gasteiger partial charge in [-0.05, 0) is 54.2 Å². The molecule has 4 rings (SSSR count). The zero-order valence-corrected chi connectivity index (χ0v) is 17.7. The number of carbonyl (C=O) groups excluding carboxylic acids is 1. The summed E-state index contributed by atoms with van der Waals surface area (Å²) in [6.45, 7) is 5.05. The van der Waals surface area contributed by atoms with Gasteiger partial charge in [0.1, 0.15) is 5.75 Å². The Labute approximate surface area is 179 Å². The van der Waals surface area contributed by atoms with Crippen LogP contribution in [0.15, 0.2) is 60.7 Å². The lowest BCUT2D eigenvalue weighted by Crippen LogP contribution is -2.41. The summed E-state index contributed by atoms with van der Waals surface area (Å²) in [5.74, 6) is 1.54. The van der Waals surface area contributed by atoms with Gasteiger partial charge < -0.3 is 15.0 Å². The van der Waals surface area contributed by atoms with Crippen molar-refractivity contribution in [3.05, 3.63) is 66.2 Å². The number of nitrogens with one attached hydrogen (secondary N) is 1. The normalized spacial score (nSPS) is 19.4. The van der Waals surface area contributed by atoms with Gasteiger partial charge in [-0.2, -0.15) is 0 Å². The van der Waals surface area contributed by atoms with Gasteiger partial charge in [0.15, 0.2) is 0 Å². The SMILES string of the molecule is COc1ccc(C2=CCN(CC(=O)NC[C@@H]3CCN(c4ccccc4)C3)CC2)cc1. The van der Waals surface area contributed by atoms with E-state index in [1.807, 2.05) is 18.2 Å². The third kappa shape index (κ3) is 5.22. The molecule has 0 unspecified atom stereocenters. The fourth-order valence-electron chi connectivity index (χ4n) is 4.31. The predicted molar refractivity (Wildman–Crippen MR) is 122 cm³/mol. The molecule has 2 aromatic rings. The molecule has 0 saturated carbocycles. The first-order valence-corrected chi connectivity index (χ1v) is 10.8. The summed E-state index contributed by atoms with van der Waals surface area (Å²) in [6, 6.07) is 18.7. The van der Waals surface area contributed by atoms with E-state index in [2.05, 4.69) is 57.6 Å². The Balaban J connectivity index is 1.19. The van der Waals surface area contributed by atoms with Crippen molar-refractivity contribution in [1.82, 2.24) is 10.2 Å². The third-order valence-corrected chi connectivity index (χ3v) is 6.12. The Morgan fingerprint density at radius 3 is 2.60 bits per heavy atom. The van der Waals surface area contributed by atoms with Crippen LogP contribution in [0, 0.1) is 5.92 Å². The van der Waals surface area contributed by atoms with Crippen LogP contribution in [0.3, 0.4) is 0 Å². The van der Waals surface area contributed by atoms with E-state index in [0.29, 0.717) is 12.5 Å². The molecule has 1 amide bonds. The number of anilines is 1. The first-order valence-electron chi connectivity index (χ1n) is 10.8. The quantitative estimate of drug-likeness (QED) is 0.767. The van der Waals surface area contributed by atoms with Crippen molar-refractivity contribution < 1.29 is 9.53 Å². The van der Waals surface area contributed by atoms with Gasteiger partial charge in [-0.3, -0.25) is 9.69 Å². The molecule has 2 aliphatic heterocycles. The lowest BCUT2D eigenvalue weighted by Gasteiger charge is -2.26. The maximum Gasteiger partial charge on any atom is 0.234 e. The smallest absolute Gasteiger partial charge is 0.234 e. The largest absolute Gasteiger partial charge is 0.497 e. The monoisotopic (exact) mass is 405 g/mol. The number of para-hydroxylation sites is 1. The number of hydrogen-bond acceptors (Lipinski definition) is 4. The summed E-state index contributed by atoms with van der Waals surface area (Å²) in [7, 11) is 1.68. The van der Waals surface area contributed by atoms with E-state index in [1.54, 1.807) is 7.11 Å². The van der Waals surface area contributed by atoms with E-state index in [1.165, 1.54) is 16.8 Å². The van der Waals surface area contributed by atoms with Crippen molar-refractivity contribution in [1.29, 1.82) is 0 Å². The molecule has 1 atom stereocenters. The molecule has 158 valence electrons. The van der Waals surface area contributed by atoms with E-state index < -0.39 is 0 Å². The maximum absolute atomic E-state index is 12.4. The molecule has 0 aromatic heterocycles. The van der Waals surface area contributed by atoms with Crippen LogP contribution in [-0.2, 0) is 4.79 Å². The van der Waals surface area contributed by atoms with E-state index in [4.69, 9.17) is 4.74 Å². The first-order chi connectivity index (χ1) is 14.7. The molecule has 2 heterocycles. The third-order valence-electron chi connectivity index (χ3n) is 6.12. The van der Waals surface area contributed by atoms with Crippen molar-refractivity contribution in [2.45, 2.75) is 12.8 Å². The number of carbonyl (C=O) groups is 1. The standard InChI is InChI=1S/C25H31N3O2/c1-30-24-9-7-21(8-10-24)22-12-14-27(15-13-22)19-25(29)26-17-20-11-16-28(18-20)23-5-3-2-4-6-23/h2-10,12,20H,11,13-19H2,1H3,(H,26,29)/t20-/m0/s1. The Hall–Kier alpha value is -2.79. The van der Waals surface area contributed by atoms with Gasteiger partial charge in [-0.25, -0.2) is 0 Å².